The first-order chi connectivity index (χ1) is 13.9. The average molecular weight is 431 g/mol. The van der Waals surface area contributed by atoms with Crippen LogP contribution in [0.2, 0.25) is 10.0 Å². The number of aliphatic imine (C=N–C) groups is 1. The summed E-state index contributed by atoms with van der Waals surface area (Å²) in [6, 6.07) is 13.5. The molecule has 0 saturated heterocycles. The van der Waals surface area contributed by atoms with E-state index < -0.39 is 18.1 Å². The number of para-hydroxylation sites is 1. The standard InChI is InChI=1S/C19H16Cl2N6O2/c1-11-23-17-14(10-22-27(17)13-5-3-2-4-6-13)18(28)26(11)25-19(29)24-12-7-8-15(20)16(21)9-12/h2-11,14H,1H3,(H2,24,25,29). The first-order valence-corrected chi connectivity index (χ1v) is 9.52. The zero-order valence-electron chi connectivity index (χ0n) is 15.2. The molecule has 0 aromatic heterocycles. The molecule has 0 radical (unpaired) electrons. The quantitative estimate of drug-likeness (QED) is 0.776. The van der Waals surface area contributed by atoms with Crippen molar-refractivity contribution in [2.24, 2.45) is 16.0 Å². The predicted octanol–water partition coefficient (Wildman–Crippen LogP) is 3.74. The fourth-order valence-electron chi connectivity index (χ4n) is 3.04. The highest BCUT2D eigenvalue weighted by Gasteiger charge is 2.42. The van der Waals surface area contributed by atoms with Gasteiger partial charge >= 0.3 is 6.03 Å². The summed E-state index contributed by atoms with van der Waals surface area (Å²) in [4.78, 5) is 29.8. The van der Waals surface area contributed by atoms with Crippen LogP contribution >= 0.6 is 23.2 Å². The van der Waals surface area contributed by atoms with Gasteiger partial charge in [0, 0.05) is 11.9 Å². The number of hydrazone groups is 1. The molecule has 2 aliphatic heterocycles. The Morgan fingerprint density at radius 2 is 1.86 bits per heavy atom. The van der Waals surface area contributed by atoms with Gasteiger partial charge in [-0.1, -0.05) is 41.4 Å². The summed E-state index contributed by atoms with van der Waals surface area (Å²) in [5.74, 6) is -0.470. The number of amidine groups is 1. The molecule has 2 heterocycles. The minimum atomic E-state index is -0.670. The first-order valence-electron chi connectivity index (χ1n) is 8.77. The lowest BCUT2D eigenvalue weighted by atomic mass is 10.1. The molecule has 0 aliphatic carbocycles. The van der Waals surface area contributed by atoms with Gasteiger partial charge < -0.3 is 5.32 Å². The molecule has 2 aromatic rings. The number of halogens is 2. The number of hydrogen-bond acceptors (Lipinski definition) is 5. The molecular formula is C19H16Cl2N6O2. The van der Waals surface area contributed by atoms with Crippen molar-refractivity contribution in [3.8, 4) is 0 Å². The van der Waals surface area contributed by atoms with Gasteiger partial charge in [0.05, 0.1) is 15.7 Å². The third kappa shape index (κ3) is 3.76. The van der Waals surface area contributed by atoms with E-state index in [-0.39, 0.29) is 5.91 Å². The smallest absolute Gasteiger partial charge is 0.307 e. The maximum absolute atomic E-state index is 12.9. The van der Waals surface area contributed by atoms with Crippen LogP contribution in [0.1, 0.15) is 6.92 Å². The lowest BCUT2D eigenvalue weighted by molar-refractivity contribution is -0.136. The Balaban J connectivity index is 1.49. The van der Waals surface area contributed by atoms with Crippen LogP contribution in [0.3, 0.4) is 0 Å². The van der Waals surface area contributed by atoms with Crippen LogP contribution in [0.15, 0.2) is 58.6 Å². The molecule has 2 atom stereocenters. The van der Waals surface area contributed by atoms with Crippen LogP contribution in [0.5, 0.6) is 0 Å². The molecule has 2 unspecified atom stereocenters. The predicted molar refractivity (Wildman–Crippen MR) is 113 cm³/mol. The Labute approximate surface area is 176 Å². The number of carbonyl (C=O) groups is 2. The zero-order valence-corrected chi connectivity index (χ0v) is 16.7. The van der Waals surface area contributed by atoms with Crippen LogP contribution < -0.4 is 15.8 Å². The highest BCUT2D eigenvalue weighted by Crippen LogP contribution is 2.27. The van der Waals surface area contributed by atoms with Crippen LogP contribution in [-0.2, 0) is 4.79 Å². The van der Waals surface area contributed by atoms with Crippen molar-refractivity contribution in [1.29, 1.82) is 0 Å². The van der Waals surface area contributed by atoms with Gasteiger partial charge in [-0.25, -0.2) is 25.2 Å². The van der Waals surface area contributed by atoms with E-state index in [2.05, 4.69) is 20.8 Å². The Bertz CT molecular complexity index is 1030. The van der Waals surface area contributed by atoms with E-state index in [0.29, 0.717) is 21.6 Å². The number of nitrogens with zero attached hydrogens (tertiary/aromatic N) is 4. The molecule has 148 valence electrons. The third-order valence-electron chi connectivity index (χ3n) is 4.42. The van der Waals surface area contributed by atoms with Crippen molar-refractivity contribution in [2.75, 3.05) is 10.3 Å². The summed E-state index contributed by atoms with van der Waals surface area (Å²) in [7, 11) is 0. The molecule has 29 heavy (non-hydrogen) atoms. The molecule has 8 nitrogen and oxygen atoms in total. The zero-order chi connectivity index (χ0) is 20.5. The van der Waals surface area contributed by atoms with Crippen molar-refractivity contribution >= 4 is 58.6 Å². The van der Waals surface area contributed by atoms with Crippen LogP contribution in [0, 0.1) is 5.92 Å². The summed E-state index contributed by atoms with van der Waals surface area (Å²) in [5.41, 5.74) is 3.79. The molecule has 2 aromatic carbocycles. The molecule has 4 rings (SSSR count). The molecule has 0 bridgehead atoms. The molecule has 3 amide bonds. The second-order valence-corrected chi connectivity index (χ2v) is 7.23. The molecule has 0 fully saturated rings. The van der Waals surface area contributed by atoms with E-state index >= 15 is 0 Å². The van der Waals surface area contributed by atoms with Gasteiger partial charge in [0.1, 0.15) is 17.9 Å². The van der Waals surface area contributed by atoms with Gasteiger partial charge in [-0.3, -0.25) is 4.79 Å². The number of benzene rings is 2. The lowest BCUT2D eigenvalue weighted by Crippen LogP contribution is -2.58. The van der Waals surface area contributed by atoms with Crippen molar-refractivity contribution < 1.29 is 9.59 Å². The number of fused-ring (bicyclic) bond motifs is 1. The molecule has 0 spiro atoms. The van der Waals surface area contributed by atoms with E-state index in [1.807, 2.05) is 30.3 Å². The summed E-state index contributed by atoms with van der Waals surface area (Å²) in [6.07, 6.45) is 0.909. The normalized spacial score (nSPS) is 20.4. The number of amides is 3. The topological polar surface area (TPSA) is 89.4 Å². The van der Waals surface area contributed by atoms with Crippen LogP contribution in [0.4, 0.5) is 16.2 Å². The number of hydrazine groups is 1. The molecule has 2 N–H and O–H groups in total. The fraction of sp³-hybridized carbons (Fsp3) is 0.158. The van der Waals surface area contributed by atoms with Crippen LogP contribution in [-0.4, -0.2) is 35.2 Å². The number of rotatable bonds is 3. The van der Waals surface area contributed by atoms with E-state index in [9.17, 15) is 9.59 Å². The van der Waals surface area contributed by atoms with Crippen molar-refractivity contribution in [3.05, 3.63) is 58.6 Å². The van der Waals surface area contributed by atoms with E-state index in [0.717, 1.165) is 5.69 Å². The summed E-state index contributed by atoms with van der Waals surface area (Å²) in [6.45, 7) is 1.71. The Morgan fingerprint density at radius 3 is 2.59 bits per heavy atom. The monoisotopic (exact) mass is 430 g/mol. The number of carbonyl (C=O) groups excluding carboxylic acids is 2. The van der Waals surface area contributed by atoms with Gasteiger partial charge in [-0.2, -0.15) is 5.10 Å². The second kappa shape index (κ2) is 7.73. The summed E-state index contributed by atoms with van der Waals surface area (Å²) >= 11 is 11.8. The maximum atomic E-state index is 12.9. The third-order valence-corrected chi connectivity index (χ3v) is 5.16. The SMILES string of the molecule is CC1N=C2C(C=NN2c2ccccc2)C(=O)N1NC(=O)Nc1ccc(Cl)c(Cl)c1. The first kappa shape index (κ1) is 19.2. The van der Waals surface area contributed by atoms with Gasteiger partial charge in [0.2, 0.25) is 0 Å². The number of anilines is 2. The Morgan fingerprint density at radius 1 is 1.10 bits per heavy atom. The lowest BCUT2D eigenvalue weighted by Gasteiger charge is -2.34. The maximum Gasteiger partial charge on any atom is 0.338 e. The highest BCUT2D eigenvalue weighted by molar-refractivity contribution is 6.42. The molecule has 2 aliphatic rings. The average Bonchev–Trinajstić information content (AvgIpc) is 3.12. The number of nitrogens with one attached hydrogen (secondary N) is 2. The van der Waals surface area contributed by atoms with Crippen molar-refractivity contribution in [1.82, 2.24) is 10.4 Å². The van der Waals surface area contributed by atoms with E-state index in [4.69, 9.17) is 23.2 Å². The summed E-state index contributed by atoms with van der Waals surface area (Å²) in [5, 5.41) is 10.4. The van der Waals surface area contributed by atoms with Gasteiger partial charge in [0.15, 0.2) is 0 Å². The van der Waals surface area contributed by atoms with Crippen LogP contribution in [0.25, 0.3) is 0 Å². The van der Waals surface area contributed by atoms with Crippen molar-refractivity contribution in [2.45, 2.75) is 13.1 Å². The van der Waals surface area contributed by atoms with E-state index in [1.54, 1.807) is 24.1 Å². The van der Waals surface area contributed by atoms with E-state index in [1.165, 1.54) is 17.3 Å². The minimum absolute atomic E-state index is 0.310. The Kier molecular flexibility index (Phi) is 5.12. The van der Waals surface area contributed by atoms with Gasteiger partial charge in [-0.15, -0.1) is 0 Å². The second-order valence-electron chi connectivity index (χ2n) is 6.41. The number of urea groups is 1. The Hall–Kier alpha value is -3.10. The molecule has 10 heteroatoms. The minimum Gasteiger partial charge on any atom is -0.307 e. The van der Waals surface area contributed by atoms with Gasteiger partial charge in [0.25, 0.3) is 5.91 Å². The highest BCUT2D eigenvalue weighted by atomic mass is 35.5. The molecule has 0 saturated carbocycles. The van der Waals surface area contributed by atoms with Gasteiger partial charge in [-0.05, 0) is 37.3 Å². The molecular weight excluding hydrogens is 415 g/mol. The summed E-state index contributed by atoms with van der Waals surface area (Å²) < 4.78 is 0. The van der Waals surface area contributed by atoms with Crippen molar-refractivity contribution in [3.63, 3.8) is 0 Å². The fourth-order valence-corrected chi connectivity index (χ4v) is 3.34. The largest absolute Gasteiger partial charge is 0.338 e. The number of hydrogen-bond donors (Lipinski definition) is 2.